The monoisotopic (exact) mass is 291 g/mol. The lowest BCUT2D eigenvalue weighted by Gasteiger charge is -2.22. The van der Waals surface area contributed by atoms with Gasteiger partial charge in [-0.15, -0.1) is 0 Å². The summed E-state index contributed by atoms with van der Waals surface area (Å²) in [6.45, 7) is 3.95. The minimum Gasteiger partial charge on any atom is -0.460 e. The molecule has 21 heavy (non-hydrogen) atoms. The topological polar surface area (TPSA) is 84.3 Å². The van der Waals surface area contributed by atoms with Crippen LogP contribution < -0.4 is 0 Å². The zero-order chi connectivity index (χ0) is 15.5. The Hall–Kier alpha value is -2.04. The number of hydrogen-bond acceptors (Lipinski definition) is 4. The average molecular weight is 291 g/mol. The van der Waals surface area contributed by atoms with E-state index in [1.807, 2.05) is 37.3 Å². The van der Waals surface area contributed by atoms with Gasteiger partial charge in [-0.25, -0.2) is 0 Å². The van der Waals surface area contributed by atoms with E-state index in [2.05, 4.69) is 10.0 Å². The van der Waals surface area contributed by atoms with Crippen molar-refractivity contribution in [3.63, 3.8) is 0 Å². The summed E-state index contributed by atoms with van der Waals surface area (Å²) in [5.74, 6) is -0.405. The number of hydrogen-bond donors (Lipinski definition) is 0. The fourth-order valence-electron chi connectivity index (χ4n) is 1.98. The van der Waals surface area contributed by atoms with E-state index in [4.69, 9.17) is 15.0 Å². The Morgan fingerprint density at radius 3 is 2.67 bits per heavy atom. The van der Waals surface area contributed by atoms with Gasteiger partial charge in [-0.05, 0) is 17.5 Å². The van der Waals surface area contributed by atoms with E-state index in [-0.39, 0.29) is 6.61 Å². The standard InChI is InChI=1S/C15H21N3O3/c1-3-7-14(17-18-16)15(21-12(2)19)11-20-10-13-8-5-4-6-9-13/h4-6,8-9,14-15H,3,7,10-11H2,1-2H3/t14-,15-/m0/s1. The molecule has 0 aliphatic carbocycles. The number of nitrogens with zero attached hydrogens (tertiary/aromatic N) is 3. The summed E-state index contributed by atoms with van der Waals surface area (Å²) in [4.78, 5) is 14.0. The Morgan fingerprint density at radius 2 is 2.10 bits per heavy atom. The Balaban J connectivity index is 2.59. The van der Waals surface area contributed by atoms with Crippen LogP contribution in [0.25, 0.3) is 10.4 Å². The maximum Gasteiger partial charge on any atom is 0.302 e. The normalized spacial score (nSPS) is 13.0. The molecule has 0 unspecified atom stereocenters. The third kappa shape index (κ3) is 6.79. The molecule has 1 aromatic rings. The molecule has 0 aliphatic rings. The van der Waals surface area contributed by atoms with Crippen LogP contribution >= 0.6 is 0 Å². The highest BCUT2D eigenvalue weighted by atomic mass is 16.6. The second-order valence-corrected chi connectivity index (χ2v) is 4.71. The molecule has 0 saturated carbocycles. The van der Waals surface area contributed by atoms with Gasteiger partial charge >= 0.3 is 5.97 Å². The van der Waals surface area contributed by atoms with E-state index in [0.717, 1.165) is 12.0 Å². The fraction of sp³-hybridized carbons (Fsp3) is 0.533. The Kier molecular flexibility index (Phi) is 7.94. The van der Waals surface area contributed by atoms with E-state index < -0.39 is 18.1 Å². The number of ether oxygens (including phenoxy) is 2. The maximum atomic E-state index is 11.2. The second-order valence-electron chi connectivity index (χ2n) is 4.71. The predicted molar refractivity (Wildman–Crippen MR) is 79.5 cm³/mol. The molecule has 6 heteroatoms. The van der Waals surface area contributed by atoms with Gasteiger partial charge in [-0.2, -0.15) is 0 Å². The molecule has 0 heterocycles. The minimum atomic E-state index is -0.554. The largest absolute Gasteiger partial charge is 0.460 e. The first-order chi connectivity index (χ1) is 10.2. The number of rotatable bonds is 9. The van der Waals surface area contributed by atoms with Gasteiger partial charge in [0.1, 0.15) is 6.10 Å². The van der Waals surface area contributed by atoms with Crippen LogP contribution in [0.2, 0.25) is 0 Å². The summed E-state index contributed by atoms with van der Waals surface area (Å²) < 4.78 is 10.8. The number of carbonyl (C=O) groups is 1. The van der Waals surface area contributed by atoms with Gasteiger partial charge in [-0.1, -0.05) is 48.8 Å². The molecule has 0 fully saturated rings. The van der Waals surface area contributed by atoms with Crippen molar-refractivity contribution in [1.82, 2.24) is 0 Å². The summed E-state index contributed by atoms with van der Waals surface area (Å²) in [6.07, 6.45) is 0.929. The van der Waals surface area contributed by atoms with Gasteiger partial charge in [0, 0.05) is 11.8 Å². The van der Waals surface area contributed by atoms with E-state index in [1.165, 1.54) is 6.92 Å². The Morgan fingerprint density at radius 1 is 1.38 bits per heavy atom. The van der Waals surface area contributed by atoms with Crippen molar-refractivity contribution in [3.05, 3.63) is 46.3 Å². The molecule has 2 atom stereocenters. The smallest absolute Gasteiger partial charge is 0.302 e. The molecule has 0 saturated heterocycles. The highest BCUT2D eigenvalue weighted by Crippen LogP contribution is 2.13. The lowest BCUT2D eigenvalue weighted by atomic mass is 10.1. The molecule has 1 aromatic carbocycles. The number of azide groups is 1. The molecular formula is C15H21N3O3. The van der Waals surface area contributed by atoms with Gasteiger partial charge in [0.15, 0.2) is 0 Å². The molecule has 0 radical (unpaired) electrons. The van der Waals surface area contributed by atoms with Crippen molar-refractivity contribution in [2.75, 3.05) is 6.61 Å². The molecule has 0 amide bonds. The minimum absolute atomic E-state index is 0.207. The third-order valence-corrected chi connectivity index (χ3v) is 2.92. The van der Waals surface area contributed by atoms with Crippen LogP contribution in [0, 0.1) is 0 Å². The van der Waals surface area contributed by atoms with E-state index in [0.29, 0.717) is 13.0 Å². The summed E-state index contributed by atoms with van der Waals surface area (Å²) in [6, 6.07) is 9.31. The SMILES string of the molecule is CCC[C@H](N=[N+]=[N-])[C@H](COCc1ccccc1)OC(C)=O. The van der Waals surface area contributed by atoms with Crippen molar-refractivity contribution >= 4 is 5.97 Å². The number of carbonyl (C=O) groups excluding carboxylic acids is 1. The second kappa shape index (κ2) is 9.80. The molecule has 0 aliphatic heterocycles. The zero-order valence-corrected chi connectivity index (χ0v) is 12.4. The Labute approximate surface area is 124 Å². The number of esters is 1. The van der Waals surface area contributed by atoms with Crippen LogP contribution in [-0.4, -0.2) is 24.7 Å². The van der Waals surface area contributed by atoms with Crippen molar-refractivity contribution in [2.45, 2.75) is 45.4 Å². The van der Waals surface area contributed by atoms with Gasteiger partial charge in [0.2, 0.25) is 0 Å². The quantitative estimate of drug-likeness (QED) is 0.301. The molecule has 0 N–H and O–H groups in total. The lowest BCUT2D eigenvalue weighted by Crippen LogP contribution is -2.33. The first kappa shape index (κ1) is 17.0. The summed E-state index contributed by atoms with van der Waals surface area (Å²) in [5, 5.41) is 3.72. The maximum absolute atomic E-state index is 11.2. The van der Waals surface area contributed by atoms with Crippen LogP contribution in [0.5, 0.6) is 0 Å². The fourth-order valence-corrected chi connectivity index (χ4v) is 1.98. The van der Waals surface area contributed by atoms with E-state index in [9.17, 15) is 4.79 Å². The van der Waals surface area contributed by atoms with Crippen molar-refractivity contribution in [1.29, 1.82) is 0 Å². The van der Waals surface area contributed by atoms with Gasteiger partial charge < -0.3 is 9.47 Å². The third-order valence-electron chi connectivity index (χ3n) is 2.92. The van der Waals surface area contributed by atoms with Crippen LogP contribution in [0.3, 0.4) is 0 Å². The van der Waals surface area contributed by atoms with Gasteiger partial charge in [0.25, 0.3) is 0 Å². The molecular weight excluding hydrogens is 270 g/mol. The summed E-state index contributed by atoms with van der Waals surface area (Å²) >= 11 is 0. The van der Waals surface area contributed by atoms with Crippen LogP contribution in [-0.2, 0) is 20.9 Å². The molecule has 0 aromatic heterocycles. The predicted octanol–water partition coefficient (Wildman–Crippen LogP) is 3.61. The van der Waals surface area contributed by atoms with E-state index in [1.54, 1.807) is 0 Å². The Bertz CT molecular complexity index is 472. The zero-order valence-electron chi connectivity index (χ0n) is 12.4. The first-order valence-electron chi connectivity index (χ1n) is 7.00. The molecule has 0 bridgehead atoms. The first-order valence-corrected chi connectivity index (χ1v) is 7.00. The van der Waals surface area contributed by atoms with Crippen LogP contribution in [0.1, 0.15) is 32.3 Å². The van der Waals surface area contributed by atoms with Crippen molar-refractivity contribution in [3.8, 4) is 0 Å². The molecule has 114 valence electrons. The molecule has 6 nitrogen and oxygen atoms in total. The molecule has 0 spiro atoms. The lowest BCUT2D eigenvalue weighted by molar-refractivity contribution is -0.151. The van der Waals surface area contributed by atoms with Crippen LogP contribution in [0.15, 0.2) is 35.4 Å². The highest BCUT2D eigenvalue weighted by molar-refractivity contribution is 5.66. The van der Waals surface area contributed by atoms with Crippen molar-refractivity contribution in [2.24, 2.45) is 5.11 Å². The summed E-state index contributed by atoms with van der Waals surface area (Å²) in [5.41, 5.74) is 9.66. The highest BCUT2D eigenvalue weighted by Gasteiger charge is 2.23. The number of benzene rings is 1. The average Bonchev–Trinajstić information content (AvgIpc) is 2.47. The summed E-state index contributed by atoms with van der Waals surface area (Å²) in [7, 11) is 0. The van der Waals surface area contributed by atoms with Crippen molar-refractivity contribution < 1.29 is 14.3 Å². The molecule has 1 rings (SSSR count). The van der Waals surface area contributed by atoms with E-state index >= 15 is 0 Å². The van der Waals surface area contributed by atoms with Gasteiger partial charge in [-0.3, -0.25) is 4.79 Å². The van der Waals surface area contributed by atoms with Crippen LogP contribution in [0.4, 0.5) is 0 Å². The van der Waals surface area contributed by atoms with Gasteiger partial charge in [0.05, 0.1) is 19.3 Å².